The largest absolute Gasteiger partial charge is 0.311 e. The second-order valence-electron chi connectivity index (χ2n) is 6.85. The van der Waals surface area contributed by atoms with Gasteiger partial charge < -0.3 is 4.57 Å². The summed E-state index contributed by atoms with van der Waals surface area (Å²) in [6.45, 7) is 17.3. The first kappa shape index (κ1) is 28.8. The summed E-state index contributed by atoms with van der Waals surface area (Å²) in [5.41, 5.74) is 3.15. The molecule has 0 aliphatic heterocycles. The second kappa shape index (κ2) is 13.4. The Kier molecular flexibility index (Phi) is 11.4. The van der Waals surface area contributed by atoms with E-state index in [9.17, 15) is 13.6 Å². The molecule has 0 unspecified atom stereocenters. The Balaban J connectivity index is 0.000000894. The van der Waals surface area contributed by atoms with Crippen LogP contribution in [0.2, 0.25) is 0 Å². The van der Waals surface area contributed by atoms with Crippen LogP contribution in [-0.4, -0.2) is 14.0 Å². The lowest BCUT2D eigenvalue weighted by Gasteiger charge is -2.15. The van der Waals surface area contributed by atoms with Gasteiger partial charge in [0.25, 0.3) is 5.56 Å². The molecule has 0 radical (unpaired) electrons. The summed E-state index contributed by atoms with van der Waals surface area (Å²) >= 11 is 0. The van der Waals surface area contributed by atoms with Crippen molar-refractivity contribution in [2.45, 2.75) is 68.9 Å². The summed E-state index contributed by atoms with van der Waals surface area (Å²) in [7, 11) is 0. The highest BCUT2D eigenvalue weighted by molar-refractivity contribution is 5.65. The number of hydrogen-bond donors (Lipinski definition) is 0. The van der Waals surface area contributed by atoms with E-state index in [4.69, 9.17) is 0 Å². The maximum Gasteiger partial charge on any atom is 0.262 e. The van der Waals surface area contributed by atoms with Crippen molar-refractivity contribution in [2.75, 3.05) is 0 Å². The van der Waals surface area contributed by atoms with E-state index in [-0.39, 0.29) is 17.7 Å². The third kappa shape index (κ3) is 5.61. The SMILES string of the molecule is CC.CC.CC.Cc1c(C)n(Cc2c(F)cccc2F)c2nc(-c3ccccc3)c(C)n2c1=O. The molecule has 4 nitrogen and oxygen atoms in total. The standard InChI is InChI=1S/C22H19F2N3O.3C2H6/c1-13-14(2)26(12-17-18(23)10-7-11-19(17)24)22-25-20(15(3)27(22)21(13)28)16-8-5-4-6-9-16;3*1-2/h4-11H,12H2,1-3H3;3*1-2H3. The summed E-state index contributed by atoms with van der Waals surface area (Å²) in [6.07, 6.45) is 0. The normalized spacial score (nSPS) is 9.85. The van der Waals surface area contributed by atoms with Crippen LogP contribution >= 0.6 is 0 Å². The molecule has 0 atom stereocenters. The van der Waals surface area contributed by atoms with Gasteiger partial charge in [0.15, 0.2) is 0 Å². The van der Waals surface area contributed by atoms with Crippen molar-refractivity contribution in [1.82, 2.24) is 14.0 Å². The quantitative estimate of drug-likeness (QED) is 0.312. The Labute approximate surface area is 201 Å². The molecule has 184 valence electrons. The fourth-order valence-electron chi connectivity index (χ4n) is 3.49. The van der Waals surface area contributed by atoms with Crippen molar-refractivity contribution in [3.05, 3.63) is 93.0 Å². The Morgan fingerprint density at radius 2 is 1.29 bits per heavy atom. The highest BCUT2D eigenvalue weighted by atomic mass is 19.1. The van der Waals surface area contributed by atoms with Crippen molar-refractivity contribution in [1.29, 1.82) is 0 Å². The number of aromatic nitrogens is 3. The van der Waals surface area contributed by atoms with Gasteiger partial charge in [-0.25, -0.2) is 18.2 Å². The number of halogens is 2. The van der Waals surface area contributed by atoms with Crippen LogP contribution in [0.25, 0.3) is 17.0 Å². The fraction of sp³-hybridized carbons (Fsp3) is 0.357. The van der Waals surface area contributed by atoms with Crippen molar-refractivity contribution in [3.8, 4) is 11.3 Å². The van der Waals surface area contributed by atoms with E-state index in [1.54, 1.807) is 18.4 Å². The molecule has 0 amide bonds. The van der Waals surface area contributed by atoms with Gasteiger partial charge in [-0.1, -0.05) is 77.9 Å². The Morgan fingerprint density at radius 1 is 0.765 bits per heavy atom. The van der Waals surface area contributed by atoms with Gasteiger partial charge in [0.05, 0.1) is 17.9 Å². The van der Waals surface area contributed by atoms with Crippen molar-refractivity contribution in [3.63, 3.8) is 0 Å². The summed E-state index contributed by atoms with van der Waals surface area (Å²) in [5, 5.41) is 0. The van der Waals surface area contributed by atoms with E-state index in [2.05, 4.69) is 4.98 Å². The van der Waals surface area contributed by atoms with Crippen LogP contribution in [-0.2, 0) is 6.54 Å². The average molecular weight is 470 g/mol. The smallest absolute Gasteiger partial charge is 0.262 e. The molecular formula is C28H37F2N3O. The highest BCUT2D eigenvalue weighted by Crippen LogP contribution is 2.25. The van der Waals surface area contributed by atoms with Crippen LogP contribution in [0.3, 0.4) is 0 Å². The molecule has 2 heterocycles. The summed E-state index contributed by atoms with van der Waals surface area (Å²) in [5.74, 6) is -0.881. The minimum Gasteiger partial charge on any atom is -0.311 e. The predicted octanol–water partition coefficient (Wildman–Crippen LogP) is 7.49. The molecule has 0 saturated heterocycles. The van der Waals surface area contributed by atoms with Gasteiger partial charge in [0.2, 0.25) is 5.78 Å². The number of imidazole rings is 1. The maximum absolute atomic E-state index is 14.3. The number of aryl methyl sites for hydroxylation is 1. The fourth-order valence-corrected chi connectivity index (χ4v) is 3.49. The number of rotatable bonds is 3. The summed E-state index contributed by atoms with van der Waals surface area (Å²) < 4.78 is 31.7. The molecule has 0 bridgehead atoms. The molecule has 0 saturated carbocycles. The number of hydrogen-bond acceptors (Lipinski definition) is 2. The van der Waals surface area contributed by atoms with Crippen LogP contribution < -0.4 is 5.56 Å². The number of fused-ring (bicyclic) bond motifs is 1. The Morgan fingerprint density at radius 3 is 1.82 bits per heavy atom. The highest BCUT2D eigenvalue weighted by Gasteiger charge is 2.20. The van der Waals surface area contributed by atoms with Crippen molar-refractivity contribution < 1.29 is 8.78 Å². The number of nitrogens with zero attached hydrogens (tertiary/aromatic N) is 3. The first-order valence-corrected chi connectivity index (χ1v) is 12.0. The lowest BCUT2D eigenvalue weighted by atomic mass is 10.1. The van der Waals surface area contributed by atoms with E-state index < -0.39 is 11.6 Å². The second-order valence-corrected chi connectivity index (χ2v) is 6.85. The lowest BCUT2D eigenvalue weighted by molar-refractivity contribution is 0.542. The third-order valence-corrected chi connectivity index (χ3v) is 5.23. The molecule has 34 heavy (non-hydrogen) atoms. The molecule has 0 spiro atoms. The topological polar surface area (TPSA) is 39.3 Å². The maximum atomic E-state index is 14.3. The van der Waals surface area contributed by atoms with Gasteiger partial charge in [-0.3, -0.25) is 4.79 Å². The van der Waals surface area contributed by atoms with Crippen LogP contribution in [0.1, 0.15) is 64.1 Å². The molecule has 4 aromatic rings. The lowest BCUT2D eigenvalue weighted by Crippen LogP contribution is -2.24. The predicted molar refractivity (Wildman–Crippen MR) is 139 cm³/mol. The van der Waals surface area contributed by atoms with Crippen LogP contribution in [0.15, 0.2) is 53.3 Å². The monoisotopic (exact) mass is 469 g/mol. The minimum atomic E-state index is -0.625. The van der Waals surface area contributed by atoms with Gasteiger partial charge in [0, 0.05) is 22.4 Å². The molecule has 2 aromatic carbocycles. The first-order chi connectivity index (χ1) is 16.4. The van der Waals surface area contributed by atoms with E-state index in [0.29, 0.717) is 28.4 Å². The average Bonchev–Trinajstić information content (AvgIpc) is 3.23. The number of benzene rings is 2. The molecule has 0 fully saturated rings. The summed E-state index contributed by atoms with van der Waals surface area (Å²) in [6, 6.07) is 13.3. The molecule has 0 aliphatic carbocycles. The van der Waals surface area contributed by atoms with Gasteiger partial charge in [-0.15, -0.1) is 0 Å². The zero-order chi connectivity index (χ0) is 26.0. The van der Waals surface area contributed by atoms with Gasteiger partial charge >= 0.3 is 0 Å². The minimum absolute atomic E-state index is 0.0559. The van der Waals surface area contributed by atoms with Gasteiger partial charge in [0.1, 0.15) is 11.6 Å². The molecule has 4 rings (SSSR count). The summed E-state index contributed by atoms with van der Waals surface area (Å²) in [4.78, 5) is 17.6. The third-order valence-electron chi connectivity index (χ3n) is 5.23. The zero-order valence-electron chi connectivity index (χ0n) is 21.8. The molecule has 2 aromatic heterocycles. The zero-order valence-corrected chi connectivity index (χ0v) is 21.8. The van der Waals surface area contributed by atoms with Gasteiger partial charge in [-0.2, -0.15) is 0 Å². The Bertz CT molecular complexity index is 1240. The van der Waals surface area contributed by atoms with Crippen LogP contribution in [0.5, 0.6) is 0 Å². The van der Waals surface area contributed by atoms with Crippen LogP contribution in [0.4, 0.5) is 8.78 Å². The molecule has 6 heteroatoms. The van der Waals surface area contributed by atoms with E-state index in [1.165, 1.54) is 22.6 Å². The Hall–Kier alpha value is -3.28. The van der Waals surface area contributed by atoms with E-state index in [1.807, 2.05) is 78.8 Å². The molecule has 0 aliphatic rings. The van der Waals surface area contributed by atoms with Crippen LogP contribution in [0, 0.1) is 32.4 Å². The van der Waals surface area contributed by atoms with E-state index in [0.717, 1.165) is 5.56 Å². The first-order valence-electron chi connectivity index (χ1n) is 12.0. The van der Waals surface area contributed by atoms with E-state index >= 15 is 0 Å². The molecule has 0 N–H and O–H groups in total. The van der Waals surface area contributed by atoms with Crippen molar-refractivity contribution >= 4 is 5.78 Å². The van der Waals surface area contributed by atoms with Gasteiger partial charge in [-0.05, 0) is 32.9 Å². The molecular weight excluding hydrogens is 432 g/mol. The van der Waals surface area contributed by atoms with Crippen molar-refractivity contribution in [2.24, 2.45) is 0 Å².